The van der Waals surface area contributed by atoms with Crippen LogP contribution in [0.1, 0.15) is 28.5 Å². The molecule has 0 bridgehead atoms. The Morgan fingerprint density at radius 2 is 2.10 bits per heavy atom. The number of amides is 1. The molecule has 1 amide bonds. The molecule has 2 rings (SSSR count). The molecule has 0 atom stereocenters. The highest BCUT2D eigenvalue weighted by Crippen LogP contribution is 2.30. The van der Waals surface area contributed by atoms with Gasteiger partial charge in [-0.25, -0.2) is 0 Å². The minimum Gasteiger partial charge on any atom is -0.322 e. The number of halogens is 3. The molecule has 112 valence electrons. The van der Waals surface area contributed by atoms with Crippen molar-refractivity contribution in [2.45, 2.75) is 19.5 Å². The first-order valence-corrected chi connectivity index (χ1v) is 6.32. The van der Waals surface area contributed by atoms with E-state index in [1.807, 2.05) is 13.0 Å². The average Bonchev–Trinajstić information content (AvgIpc) is 2.81. The topological polar surface area (TPSA) is 46.9 Å². The molecule has 21 heavy (non-hydrogen) atoms. The van der Waals surface area contributed by atoms with Crippen LogP contribution in [-0.2, 0) is 19.6 Å². The van der Waals surface area contributed by atoms with Gasteiger partial charge in [0.15, 0.2) is 5.69 Å². The molecule has 0 aliphatic carbocycles. The molecule has 0 fully saturated rings. The summed E-state index contributed by atoms with van der Waals surface area (Å²) >= 11 is 0. The summed E-state index contributed by atoms with van der Waals surface area (Å²) in [6.45, 7) is 1.95. The van der Waals surface area contributed by atoms with E-state index < -0.39 is 23.3 Å². The maximum Gasteiger partial charge on any atom is 0.435 e. The third-order valence-electron chi connectivity index (χ3n) is 2.94. The van der Waals surface area contributed by atoms with Gasteiger partial charge in [-0.05, 0) is 24.1 Å². The molecule has 7 heteroatoms. The predicted octanol–water partition coefficient (Wildman–Crippen LogP) is 3.25. The van der Waals surface area contributed by atoms with Crippen molar-refractivity contribution in [3.05, 3.63) is 47.3 Å². The fourth-order valence-electron chi connectivity index (χ4n) is 1.93. The average molecular weight is 297 g/mol. The number of carbonyl (C=O) groups excluding carboxylic acids is 1. The van der Waals surface area contributed by atoms with E-state index in [2.05, 4.69) is 10.4 Å². The van der Waals surface area contributed by atoms with Crippen LogP contribution in [0.25, 0.3) is 0 Å². The summed E-state index contributed by atoms with van der Waals surface area (Å²) in [5.41, 5.74) is -0.243. The second kappa shape index (κ2) is 5.59. The van der Waals surface area contributed by atoms with Crippen molar-refractivity contribution in [2.24, 2.45) is 7.05 Å². The normalized spacial score (nSPS) is 11.5. The first-order chi connectivity index (χ1) is 9.81. The number of anilines is 1. The van der Waals surface area contributed by atoms with Gasteiger partial charge in [-0.15, -0.1) is 0 Å². The zero-order valence-corrected chi connectivity index (χ0v) is 11.5. The van der Waals surface area contributed by atoms with Gasteiger partial charge in [0.05, 0.1) is 5.56 Å². The fraction of sp³-hybridized carbons (Fsp3) is 0.286. The number of nitrogens with one attached hydrogen (secondary N) is 1. The number of aromatic nitrogens is 2. The lowest BCUT2D eigenvalue weighted by Gasteiger charge is -2.08. The third-order valence-corrected chi connectivity index (χ3v) is 2.94. The van der Waals surface area contributed by atoms with Gasteiger partial charge in [0, 0.05) is 18.9 Å². The van der Waals surface area contributed by atoms with Crippen molar-refractivity contribution in [1.82, 2.24) is 9.78 Å². The smallest absolute Gasteiger partial charge is 0.322 e. The molecule has 1 heterocycles. The molecule has 0 saturated heterocycles. The van der Waals surface area contributed by atoms with Crippen LogP contribution in [0, 0.1) is 0 Å². The van der Waals surface area contributed by atoms with E-state index in [1.165, 1.54) is 7.05 Å². The zero-order valence-electron chi connectivity index (χ0n) is 11.5. The van der Waals surface area contributed by atoms with Gasteiger partial charge in [0.2, 0.25) is 0 Å². The minimum absolute atomic E-state index is 0.455. The van der Waals surface area contributed by atoms with Gasteiger partial charge < -0.3 is 5.32 Å². The molecule has 1 aromatic carbocycles. The van der Waals surface area contributed by atoms with Gasteiger partial charge in [0.1, 0.15) is 0 Å². The molecule has 1 aromatic heterocycles. The van der Waals surface area contributed by atoms with E-state index in [-0.39, 0.29) is 0 Å². The van der Waals surface area contributed by atoms with Gasteiger partial charge in [0.25, 0.3) is 5.91 Å². The molecular formula is C14H14F3N3O. The highest BCUT2D eigenvalue weighted by molar-refractivity contribution is 6.05. The maximum atomic E-state index is 12.8. The highest BCUT2D eigenvalue weighted by atomic mass is 19.4. The Hall–Kier alpha value is -2.31. The summed E-state index contributed by atoms with van der Waals surface area (Å²) in [4.78, 5) is 12.0. The van der Waals surface area contributed by atoms with E-state index in [1.54, 1.807) is 18.2 Å². The van der Waals surface area contributed by atoms with E-state index in [4.69, 9.17) is 0 Å². The van der Waals surface area contributed by atoms with Crippen molar-refractivity contribution in [1.29, 1.82) is 0 Å². The number of aryl methyl sites for hydroxylation is 2. The largest absolute Gasteiger partial charge is 0.435 e. The SMILES string of the molecule is CCc1cccc(NC(=O)c2cn(C)nc2C(F)(F)F)c1. The van der Waals surface area contributed by atoms with Crippen molar-refractivity contribution in [3.63, 3.8) is 0 Å². The van der Waals surface area contributed by atoms with E-state index >= 15 is 0 Å². The Balaban J connectivity index is 2.28. The number of carbonyl (C=O) groups is 1. The quantitative estimate of drug-likeness (QED) is 0.945. The summed E-state index contributed by atoms with van der Waals surface area (Å²) in [7, 11) is 1.34. The number of benzene rings is 1. The molecule has 1 N–H and O–H groups in total. The van der Waals surface area contributed by atoms with E-state index in [9.17, 15) is 18.0 Å². The first-order valence-electron chi connectivity index (χ1n) is 6.32. The van der Waals surface area contributed by atoms with Crippen LogP contribution >= 0.6 is 0 Å². The van der Waals surface area contributed by atoms with Crippen molar-refractivity contribution < 1.29 is 18.0 Å². The molecular weight excluding hydrogens is 283 g/mol. The van der Waals surface area contributed by atoms with Crippen molar-refractivity contribution in [3.8, 4) is 0 Å². The summed E-state index contributed by atoms with van der Waals surface area (Å²) in [6.07, 6.45) is -2.84. The van der Waals surface area contributed by atoms with Crippen LogP contribution in [0.3, 0.4) is 0 Å². The Labute approximate surface area is 119 Å². The van der Waals surface area contributed by atoms with Gasteiger partial charge in [-0.2, -0.15) is 18.3 Å². The first kappa shape index (κ1) is 15.1. The molecule has 0 spiro atoms. The van der Waals surface area contributed by atoms with Crippen LogP contribution in [0.15, 0.2) is 30.5 Å². The monoisotopic (exact) mass is 297 g/mol. The summed E-state index contributed by atoms with van der Waals surface area (Å²) < 4.78 is 39.4. The summed E-state index contributed by atoms with van der Waals surface area (Å²) in [6, 6.07) is 6.96. The number of rotatable bonds is 3. The zero-order chi connectivity index (χ0) is 15.6. The standard InChI is InChI=1S/C14H14F3N3O/c1-3-9-5-4-6-10(7-9)18-13(21)11-8-20(2)19-12(11)14(15,16)17/h4-8H,3H2,1-2H3,(H,18,21). The molecule has 0 saturated carbocycles. The highest BCUT2D eigenvalue weighted by Gasteiger charge is 2.38. The minimum atomic E-state index is -4.67. The Kier molecular flexibility index (Phi) is 4.02. The second-order valence-corrected chi connectivity index (χ2v) is 4.57. The van der Waals surface area contributed by atoms with Gasteiger partial charge in [-0.1, -0.05) is 19.1 Å². The number of hydrogen-bond acceptors (Lipinski definition) is 2. The van der Waals surface area contributed by atoms with Crippen LogP contribution in [-0.4, -0.2) is 15.7 Å². The van der Waals surface area contributed by atoms with Crippen molar-refractivity contribution >= 4 is 11.6 Å². The summed E-state index contributed by atoms with van der Waals surface area (Å²) in [5.74, 6) is -0.830. The third kappa shape index (κ3) is 3.42. The van der Waals surface area contributed by atoms with E-state index in [0.29, 0.717) is 5.69 Å². The number of hydrogen-bond donors (Lipinski definition) is 1. The number of nitrogens with zero attached hydrogens (tertiary/aromatic N) is 2. The summed E-state index contributed by atoms with van der Waals surface area (Å²) in [5, 5.41) is 5.78. The fourth-order valence-corrected chi connectivity index (χ4v) is 1.93. The molecule has 4 nitrogen and oxygen atoms in total. The lowest BCUT2D eigenvalue weighted by molar-refractivity contribution is -0.141. The maximum absolute atomic E-state index is 12.8. The molecule has 2 aromatic rings. The molecule has 0 radical (unpaired) electrons. The Morgan fingerprint density at radius 3 is 2.71 bits per heavy atom. The van der Waals surface area contributed by atoms with Crippen LogP contribution in [0.4, 0.5) is 18.9 Å². The predicted molar refractivity (Wildman–Crippen MR) is 72.0 cm³/mol. The van der Waals surface area contributed by atoms with Crippen LogP contribution in [0.2, 0.25) is 0 Å². The molecule has 0 unspecified atom stereocenters. The Bertz CT molecular complexity index is 662. The van der Waals surface area contributed by atoms with E-state index in [0.717, 1.165) is 22.9 Å². The van der Waals surface area contributed by atoms with Gasteiger partial charge in [-0.3, -0.25) is 9.48 Å². The lowest BCUT2D eigenvalue weighted by atomic mass is 10.1. The van der Waals surface area contributed by atoms with Crippen LogP contribution in [0.5, 0.6) is 0 Å². The molecule has 0 aliphatic heterocycles. The van der Waals surface area contributed by atoms with Crippen LogP contribution < -0.4 is 5.32 Å². The lowest BCUT2D eigenvalue weighted by Crippen LogP contribution is -2.17. The van der Waals surface area contributed by atoms with Gasteiger partial charge >= 0.3 is 6.18 Å². The molecule has 0 aliphatic rings. The second-order valence-electron chi connectivity index (χ2n) is 4.57. The Morgan fingerprint density at radius 1 is 1.38 bits per heavy atom. The van der Waals surface area contributed by atoms with Crippen molar-refractivity contribution in [2.75, 3.05) is 5.32 Å². The number of alkyl halides is 3.